The Morgan fingerprint density at radius 1 is 0.869 bits per heavy atom. The SMILES string of the molecule is CC(C)[C@H](NC(=O)OC(C)(C)C)C(=O)N[C@@H](C)C(=O)Nc1ccc(COC(=O)N2CCC(NCCOCCOCCC(=O)O)CC2)cc1O[C@@H]1O[C@H](C(=O)O)[C@@H](O)[C@H](O)[C@H]1O. The lowest BCUT2D eigenvalue weighted by Crippen LogP contribution is -2.61. The summed E-state index contributed by atoms with van der Waals surface area (Å²) in [4.78, 5) is 75.8. The van der Waals surface area contributed by atoms with Crippen molar-refractivity contribution in [2.24, 2.45) is 5.92 Å². The van der Waals surface area contributed by atoms with Gasteiger partial charge in [0.1, 0.15) is 48.4 Å². The van der Waals surface area contributed by atoms with Crippen molar-refractivity contribution in [1.82, 2.24) is 20.9 Å². The van der Waals surface area contributed by atoms with Crippen LogP contribution in [-0.4, -0.2) is 167 Å². The van der Waals surface area contributed by atoms with Crippen molar-refractivity contribution >= 4 is 41.6 Å². The van der Waals surface area contributed by atoms with Crippen LogP contribution in [0.4, 0.5) is 15.3 Å². The van der Waals surface area contributed by atoms with Crippen LogP contribution in [0.25, 0.3) is 0 Å². The van der Waals surface area contributed by atoms with Crippen molar-refractivity contribution < 1.29 is 82.7 Å². The van der Waals surface area contributed by atoms with Crippen molar-refractivity contribution in [1.29, 1.82) is 0 Å². The van der Waals surface area contributed by atoms with Crippen molar-refractivity contribution in [3.05, 3.63) is 23.8 Å². The zero-order valence-corrected chi connectivity index (χ0v) is 35.3. The fourth-order valence-electron chi connectivity index (χ4n) is 6.03. The highest BCUT2D eigenvalue weighted by molar-refractivity contribution is 5.99. The van der Waals surface area contributed by atoms with E-state index in [1.165, 1.54) is 25.1 Å². The van der Waals surface area contributed by atoms with Crippen molar-refractivity contribution in [2.75, 3.05) is 51.4 Å². The van der Waals surface area contributed by atoms with Crippen LogP contribution in [0.1, 0.15) is 66.4 Å². The number of anilines is 1. The third kappa shape index (κ3) is 16.9. The summed E-state index contributed by atoms with van der Waals surface area (Å²) in [6, 6.07) is 2.08. The number of carbonyl (C=O) groups excluding carboxylic acids is 4. The summed E-state index contributed by atoms with van der Waals surface area (Å²) in [5.41, 5.74) is -0.544. The van der Waals surface area contributed by atoms with E-state index in [2.05, 4.69) is 21.3 Å². The van der Waals surface area contributed by atoms with Gasteiger partial charge in [-0.25, -0.2) is 14.4 Å². The molecule has 0 saturated carbocycles. The Bertz CT molecular complexity index is 1630. The lowest BCUT2D eigenvalue weighted by Gasteiger charge is -2.38. The quantitative estimate of drug-likeness (QED) is 0.0743. The number of aliphatic hydroxyl groups is 3. The van der Waals surface area contributed by atoms with Gasteiger partial charge in [0.25, 0.3) is 0 Å². The molecule has 0 radical (unpaired) electrons. The first kappa shape index (κ1) is 50.5. The zero-order chi connectivity index (χ0) is 45.4. The second-order valence-electron chi connectivity index (χ2n) is 15.9. The number of carboxylic acid groups (broad SMARTS) is 2. The maximum absolute atomic E-state index is 13.4. The van der Waals surface area contributed by atoms with Crippen molar-refractivity contribution in [3.63, 3.8) is 0 Å². The third-order valence-corrected chi connectivity index (χ3v) is 9.36. The second-order valence-corrected chi connectivity index (χ2v) is 15.9. The molecule has 1 aromatic carbocycles. The molecular formula is C39H61N5O17. The van der Waals surface area contributed by atoms with E-state index in [0.717, 1.165) is 0 Å². The number of rotatable bonds is 21. The summed E-state index contributed by atoms with van der Waals surface area (Å²) in [6.07, 6.45) is -9.96. The number of nitrogens with one attached hydrogen (secondary N) is 4. The fraction of sp³-hybridized carbons (Fsp3) is 0.692. The highest BCUT2D eigenvalue weighted by Crippen LogP contribution is 2.31. The van der Waals surface area contributed by atoms with E-state index in [1.807, 2.05) is 0 Å². The van der Waals surface area contributed by atoms with Gasteiger partial charge in [-0.05, 0) is 64.2 Å². The first-order chi connectivity index (χ1) is 28.7. The Kier molecular flexibility index (Phi) is 19.8. The van der Waals surface area contributed by atoms with Gasteiger partial charge >= 0.3 is 24.1 Å². The van der Waals surface area contributed by atoms with E-state index in [0.29, 0.717) is 57.9 Å². The number of piperidine rings is 1. The van der Waals surface area contributed by atoms with E-state index >= 15 is 0 Å². The Labute approximate surface area is 353 Å². The number of alkyl carbamates (subject to hydrolysis) is 1. The molecule has 9 N–H and O–H groups in total. The topological polar surface area (TPSA) is 310 Å². The number of aliphatic hydroxyl groups excluding tert-OH is 3. The summed E-state index contributed by atoms with van der Waals surface area (Å²) in [5, 5.41) is 60.3. The summed E-state index contributed by atoms with van der Waals surface area (Å²) < 4.78 is 32.6. The van der Waals surface area contributed by atoms with Gasteiger partial charge in [-0.3, -0.25) is 14.4 Å². The normalized spacial score (nSPS) is 21.8. The van der Waals surface area contributed by atoms with Crippen LogP contribution < -0.4 is 26.0 Å². The minimum absolute atomic E-state index is 0.0548. The van der Waals surface area contributed by atoms with Gasteiger partial charge < -0.3 is 80.1 Å². The molecule has 2 fully saturated rings. The van der Waals surface area contributed by atoms with Crippen LogP contribution in [0, 0.1) is 5.92 Å². The molecule has 22 heteroatoms. The van der Waals surface area contributed by atoms with Crippen LogP contribution in [0.3, 0.4) is 0 Å². The van der Waals surface area contributed by atoms with Gasteiger partial charge in [0.2, 0.25) is 18.1 Å². The summed E-state index contributed by atoms with van der Waals surface area (Å²) >= 11 is 0. The molecule has 0 bridgehead atoms. The zero-order valence-electron chi connectivity index (χ0n) is 35.3. The Morgan fingerprint density at radius 3 is 2.13 bits per heavy atom. The van der Waals surface area contributed by atoms with E-state index in [4.69, 9.17) is 33.5 Å². The molecule has 7 atom stereocenters. The second kappa shape index (κ2) is 24.0. The van der Waals surface area contributed by atoms with Crippen LogP contribution in [0.2, 0.25) is 0 Å². The lowest BCUT2D eigenvalue weighted by atomic mass is 9.99. The molecule has 2 saturated heterocycles. The van der Waals surface area contributed by atoms with E-state index in [-0.39, 0.29) is 37.1 Å². The molecular weight excluding hydrogens is 810 g/mol. The van der Waals surface area contributed by atoms with Gasteiger partial charge in [0.05, 0.1) is 38.5 Å². The van der Waals surface area contributed by atoms with Crippen LogP contribution in [-0.2, 0) is 49.5 Å². The molecule has 0 spiro atoms. The maximum Gasteiger partial charge on any atom is 0.410 e. The smallest absolute Gasteiger partial charge is 0.410 e. The molecule has 344 valence electrons. The number of benzene rings is 1. The first-order valence-corrected chi connectivity index (χ1v) is 20.0. The van der Waals surface area contributed by atoms with Gasteiger partial charge in [0.15, 0.2) is 6.10 Å². The van der Waals surface area contributed by atoms with Crippen LogP contribution >= 0.6 is 0 Å². The molecule has 2 aliphatic heterocycles. The predicted octanol–water partition coefficient (Wildman–Crippen LogP) is 0.149. The number of ether oxygens (including phenoxy) is 6. The molecule has 22 nitrogen and oxygen atoms in total. The monoisotopic (exact) mass is 871 g/mol. The maximum atomic E-state index is 13.4. The molecule has 61 heavy (non-hydrogen) atoms. The summed E-state index contributed by atoms with van der Waals surface area (Å²) in [7, 11) is 0. The fourth-order valence-corrected chi connectivity index (χ4v) is 6.03. The number of likely N-dealkylation sites (tertiary alicyclic amines) is 1. The molecule has 3 rings (SSSR count). The van der Waals surface area contributed by atoms with Crippen LogP contribution in [0.5, 0.6) is 5.75 Å². The number of carboxylic acids is 2. The van der Waals surface area contributed by atoms with Gasteiger partial charge in [-0.15, -0.1) is 0 Å². The van der Waals surface area contributed by atoms with Gasteiger partial charge in [-0.1, -0.05) is 19.9 Å². The molecule has 0 aromatic heterocycles. The molecule has 4 amide bonds. The molecule has 2 aliphatic rings. The number of amides is 4. The number of nitrogens with zero attached hydrogens (tertiary/aromatic N) is 1. The average molecular weight is 872 g/mol. The molecule has 0 aliphatic carbocycles. The minimum atomic E-state index is -1.99. The molecule has 0 unspecified atom stereocenters. The molecule has 2 heterocycles. The predicted molar refractivity (Wildman–Crippen MR) is 212 cm³/mol. The largest absolute Gasteiger partial charge is 0.481 e. The summed E-state index contributed by atoms with van der Waals surface area (Å²) in [5.74, 6) is -4.62. The lowest BCUT2D eigenvalue weighted by molar-refractivity contribution is -0.271. The Hall–Kier alpha value is -4.84. The number of aliphatic carboxylic acids is 2. The highest BCUT2D eigenvalue weighted by Gasteiger charge is 2.48. The first-order valence-electron chi connectivity index (χ1n) is 20.0. The Morgan fingerprint density at radius 2 is 1.52 bits per heavy atom. The van der Waals surface area contributed by atoms with Crippen molar-refractivity contribution in [2.45, 2.75) is 122 Å². The Balaban J connectivity index is 1.64. The number of hydrogen-bond acceptors (Lipinski definition) is 16. The van der Waals surface area contributed by atoms with E-state index < -0.39 is 90.2 Å². The third-order valence-electron chi connectivity index (χ3n) is 9.36. The summed E-state index contributed by atoms with van der Waals surface area (Å²) in [6.45, 7) is 12.1. The number of carbonyl (C=O) groups is 6. The number of hydrogen-bond donors (Lipinski definition) is 9. The van der Waals surface area contributed by atoms with Gasteiger partial charge in [0, 0.05) is 25.7 Å². The van der Waals surface area contributed by atoms with E-state index in [1.54, 1.807) is 39.5 Å². The highest BCUT2D eigenvalue weighted by atomic mass is 16.7. The van der Waals surface area contributed by atoms with Crippen LogP contribution in [0.15, 0.2) is 18.2 Å². The molecule has 1 aromatic rings. The minimum Gasteiger partial charge on any atom is -0.481 e. The average Bonchev–Trinajstić information content (AvgIpc) is 3.18. The standard InChI is InChI=1S/C39H61N5O17/c1-21(2)28(43-37(54)61-39(4,5)6)34(51)41-22(3)33(50)42-25-8-7-23(19-26(25)59-36-31(49)29(47)30(48)32(60-36)35(52)53)20-58-38(55)44-13-9-24(10-14-44)40-12-16-57-18-17-56-15-11-27(45)46/h7-8,19,21-22,24,28-32,36,40,47-49H,9-18,20H2,1-6H3,(H,41,51)(H,42,50)(H,43,54)(H,45,46)(H,52,53)/t22-,28-,29-,30-,31+,32-,36+/m0/s1. The van der Waals surface area contributed by atoms with Crippen molar-refractivity contribution in [3.8, 4) is 5.75 Å². The van der Waals surface area contributed by atoms with Gasteiger partial charge in [-0.2, -0.15) is 0 Å². The van der Waals surface area contributed by atoms with E-state index in [9.17, 15) is 49.2 Å².